The minimum absolute atomic E-state index is 0.162. The number of halogens is 1. The average molecular weight is 208 g/mol. The van der Waals surface area contributed by atoms with E-state index in [1.807, 2.05) is 0 Å². The predicted octanol–water partition coefficient (Wildman–Crippen LogP) is 2.56. The van der Waals surface area contributed by atoms with E-state index in [2.05, 4.69) is 0 Å². The Bertz CT molecular complexity index is 399. The van der Waals surface area contributed by atoms with Crippen molar-refractivity contribution in [1.29, 1.82) is 0 Å². The van der Waals surface area contributed by atoms with Crippen molar-refractivity contribution in [1.82, 2.24) is 0 Å². The van der Waals surface area contributed by atoms with Crippen molar-refractivity contribution in [3.8, 4) is 5.75 Å². The van der Waals surface area contributed by atoms with Crippen LogP contribution in [0.5, 0.6) is 5.75 Å². The van der Waals surface area contributed by atoms with Crippen LogP contribution < -0.4 is 4.74 Å². The first-order chi connectivity index (χ1) is 7.19. The van der Waals surface area contributed by atoms with Crippen LogP contribution in [0, 0.1) is 5.82 Å². The molecule has 0 radical (unpaired) electrons. The minimum atomic E-state index is -0.579. The molecule has 1 aliphatic carbocycles. The van der Waals surface area contributed by atoms with Crippen molar-refractivity contribution in [2.24, 2.45) is 0 Å². The summed E-state index contributed by atoms with van der Waals surface area (Å²) >= 11 is 0. The average Bonchev–Trinajstić information content (AvgIpc) is 2.16. The third kappa shape index (κ3) is 1.34. The van der Waals surface area contributed by atoms with E-state index in [4.69, 9.17) is 4.74 Å². The molecule has 1 fully saturated rings. The topological polar surface area (TPSA) is 29.5 Å². The molecule has 0 bridgehead atoms. The summed E-state index contributed by atoms with van der Waals surface area (Å²) in [6, 6.07) is 4.36. The second kappa shape index (κ2) is 2.95. The number of fused-ring (bicyclic) bond motifs is 1. The van der Waals surface area contributed by atoms with Crippen molar-refractivity contribution in [3.63, 3.8) is 0 Å². The number of ether oxygens (including phenoxy) is 1. The zero-order valence-electron chi connectivity index (χ0n) is 8.37. The molecule has 1 aromatic carbocycles. The monoisotopic (exact) mass is 208 g/mol. The van der Waals surface area contributed by atoms with Gasteiger partial charge in [0, 0.05) is 12.0 Å². The van der Waals surface area contributed by atoms with E-state index in [0.717, 1.165) is 19.3 Å². The van der Waals surface area contributed by atoms with E-state index in [9.17, 15) is 9.50 Å². The van der Waals surface area contributed by atoms with Crippen LogP contribution in [0.15, 0.2) is 18.2 Å². The van der Waals surface area contributed by atoms with E-state index >= 15 is 0 Å². The maximum absolute atomic E-state index is 13.0. The number of aliphatic hydroxyl groups is 1. The highest BCUT2D eigenvalue weighted by Crippen LogP contribution is 2.48. The van der Waals surface area contributed by atoms with Crippen LogP contribution in [0.3, 0.4) is 0 Å². The molecule has 2 nitrogen and oxygen atoms in total. The Morgan fingerprint density at radius 1 is 1.40 bits per heavy atom. The first-order valence-electron chi connectivity index (χ1n) is 5.35. The lowest BCUT2D eigenvalue weighted by Gasteiger charge is -2.46. The maximum Gasteiger partial charge on any atom is 0.126 e. The first-order valence-corrected chi connectivity index (χ1v) is 5.35. The van der Waals surface area contributed by atoms with E-state index in [1.165, 1.54) is 12.1 Å². The van der Waals surface area contributed by atoms with Gasteiger partial charge >= 0.3 is 0 Å². The van der Waals surface area contributed by atoms with Gasteiger partial charge in [-0.25, -0.2) is 4.39 Å². The Morgan fingerprint density at radius 3 is 2.87 bits per heavy atom. The smallest absolute Gasteiger partial charge is 0.126 e. The number of rotatable bonds is 0. The Kier molecular flexibility index (Phi) is 1.80. The van der Waals surface area contributed by atoms with Crippen molar-refractivity contribution >= 4 is 0 Å². The zero-order valence-corrected chi connectivity index (χ0v) is 8.37. The summed E-state index contributed by atoms with van der Waals surface area (Å²) < 4.78 is 18.8. The lowest BCUT2D eigenvalue weighted by molar-refractivity contribution is -0.0665. The van der Waals surface area contributed by atoms with Gasteiger partial charge in [-0.1, -0.05) is 0 Å². The molecule has 3 heteroatoms. The summed E-state index contributed by atoms with van der Waals surface area (Å²) in [5.41, 5.74) is 0.428. The Labute approximate surface area is 87.7 Å². The van der Waals surface area contributed by atoms with E-state index in [1.54, 1.807) is 6.07 Å². The zero-order chi connectivity index (χ0) is 10.5. The van der Waals surface area contributed by atoms with Crippen molar-refractivity contribution in [2.45, 2.75) is 37.4 Å². The summed E-state index contributed by atoms with van der Waals surface area (Å²) in [4.78, 5) is 0. The lowest BCUT2D eigenvalue weighted by Crippen LogP contribution is -2.46. The third-order valence-corrected chi connectivity index (χ3v) is 3.49. The Balaban J connectivity index is 2.01. The molecular weight excluding hydrogens is 195 g/mol. The molecular formula is C12H13FO2. The third-order valence-electron chi connectivity index (χ3n) is 3.49. The highest BCUT2D eigenvalue weighted by atomic mass is 19.1. The van der Waals surface area contributed by atoms with Crippen LogP contribution >= 0.6 is 0 Å². The molecule has 2 aliphatic rings. The molecule has 80 valence electrons. The number of benzene rings is 1. The minimum Gasteiger partial charge on any atom is -0.487 e. The van der Waals surface area contributed by atoms with Crippen LogP contribution in [0.4, 0.5) is 4.39 Å². The molecule has 15 heavy (non-hydrogen) atoms. The first kappa shape index (κ1) is 9.16. The van der Waals surface area contributed by atoms with Crippen LogP contribution in [0.25, 0.3) is 0 Å². The maximum atomic E-state index is 13.0. The number of aliphatic hydroxyl groups excluding tert-OH is 1. The molecule has 0 saturated heterocycles. The van der Waals surface area contributed by atoms with E-state index < -0.39 is 6.10 Å². The fraction of sp³-hybridized carbons (Fsp3) is 0.500. The SMILES string of the molecule is O[C@@H]1CC2(CCC2)Oc2ccc(F)cc21. The Hall–Kier alpha value is -1.09. The molecule has 1 spiro atoms. The van der Waals surface area contributed by atoms with Crippen molar-refractivity contribution in [3.05, 3.63) is 29.6 Å². The van der Waals surface area contributed by atoms with Crippen LogP contribution in [-0.4, -0.2) is 10.7 Å². The van der Waals surface area contributed by atoms with Crippen LogP contribution in [-0.2, 0) is 0 Å². The molecule has 1 saturated carbocycles. The summed E-state index contributed by atoms with van der Waals surface area (Å²) in [7, 11) is 0. The molecule has 0 aromatic heterocycles. The van der Waals surface area contributed by atoms with Gasteiger partial charge in [-0.3, -0.25) is 0 Å². The second-order valence-corrected chi connectivity index (χ2v) is 4.54. The van der Waals surface area contributed by atoms with Gasteiger partial charge < -0.3 is 9.84 Å². The predicted molar refractivity (Wildman–Crippen MR) is 53.2 cm³/mol. The largest absolute Gasteiger partial charge is 0.487 e. The van der Waals surface area contributed by atoms with Crippen LogP contribution in [0.2, 0.25) is 0 Å². The fourth-order valence-corrected chi connectivity index (χ4v) is 2.49. The molecule has 0 amide bonds. The molecule has 1 atom stereocenters. The van der Waals surface area contributed by atoms with Gasteiger partial charge in [-0.15, -0.1) is 0 Å². The summed E-state index contributed by atoms with van der Waals surface area (Å²) in [6.07, 6.45) is 3.18. The highest BCUT2D eigenvalue weighted by molar-refractivity contribution is 5.38. The van der Waals surface area contributed by atoms with Gasteiger partial charge in [-0.05, 0) is 37.5 Å². The standard InChI is InChI=1S/C12H13FO2/c13-8-2-3-11-9(6-8)10(14)7-12(15-11)4-1-5-12/h2-3,6,10,14H,1,4-5,7H2/t10-/m1/s1. The van der Waals surface area contributed by atoms with Gasteiger partial charge in [0.05, 0.1) is 6.10 Å². The molecule has 1 heterocycles. The van der Waals surface area contributed by atoms with Gasteiger partial charge in [0.2, 0.25) is 0 Å². The van der Waals surface area contributed by atoms with Gasteiger partial charge in [-0.2, -0.15) is 0 Å². The van der Waals surface area contributed by atoms with Gasteiger partial charge in [0.15, 0.2) is 0 Å². The molecule has 0 unspecified atom stereocenters. The molecule has 3 rings (SSSR count). The van der Waals surface area contributed by atoms with Crippen LogP contribution in [0.1, 0.15) is 37.4 Å². The molecule has 1 aromatic rings. The molecule has 1 N–H and O–H groups in total. The molecule has 1 aliphatic heterocycles. The lowest BCUT2D eigenvalue weighted by atomic mass is 9.73. The summed E-state index contributed by atoms with van der Waals surface area (Å²) in [6.45, 7) is 0. The summed E-state index contributed by atoms with van der Waals surface area (Å²) in [5.74, 6) is 0.329. The second-order valence-electron chi connectivity index (χ2n) is 4.54. The summed E-state index contributed by atoms with van der Waals surface area (Å²) in [5, 5.41) is 9.94. The quantitative estimate of drug-likeness (QED) is 0.710. The number of hydrogen-bond donors (Lipinski definition) is 1. The highest BCUT2D eigenvalue weighted by Gasteiger charge is 2.45. The normalized spacial score (nSPS) is 26.7. The van der Waals surface area contributed by atoms with E-state index in [-0.39, 0.29) is 11.4 Å². The fourth-order valence-electron chi connectivity index (χ4n) is 2.49. The van der Waals surface area contributed by atoms with Gasteiger partial charge in [0.25, 0.3) is 0 Å². The Morgan fingerprint density at radius 2 is 2.20 bits per heavy atom. The van der Waals surface area contributed by atoms with E-state index in [0.29, 0.717) is 17.7 Å². The van der Waals surface area contributed by atoms with Crippen molar-refractivity contribution < 1.29 is 14.2 Å². The number of hydrogen-bond acceptors (Lipinski definition) is 2. The van der Waals surface area contributed by atoms with Gasteiger partial charge in [0.1, 0.15) is 17.2 Å². The van der Waals surface area contributed by atoms with Crippen molar-refractivity contribution in [2.75, 3.05) is 0 Å².